The fourth-order valence-corrected chi connectivity index (χ4v) is 1.02. The van der Waals surface area contributed by atoms with Gasteiger partial charge >= 0.3 is 0 Å². The fraction of sp³-hybridized carbons (Fsp3) is 0.455. The second-order valence-electron chi connectivity index (χ2n) is 2.52. The van der Waals surface area contributed by atoms with Crippen molar-refractivity contribution in [1.82, 2.24) is 0 Å². The van der Waals surface area contributed by atoms with Gasteiger partial charge in [0.1, 0.15) is 0 Å². The van der Waals surface area contributed by atoms with Crippen LogP contribution >= 0.6 is 11.6 Å². The summed E-state index contributed by atoms with van der Waals surface area (Å²) in [5.74, 6) is 0.961. The van der Waals surface area contributed by atoms with Crippen LogP contribution in [-0.2, 0) is 0 Å². The minimum atomic E-state index is 0.460. The maximum atomic E-state index is 5.72. The van der Waals surface area contributed by atoms with Crippen molar-refractivity contribution in [3.8, 4) is 0 Å². The van der Waals surface area contributed by atoms with E-state index in [1.807, 2.05) is 0 Å². The second-order valence-corrected chi connectivity index (χ2v) is 2.79. The summed E-state index contributed by atoms with van der Waals surface area (Å²) in [7, 11) is 0. The summed E-state index contributed by atoms with van der Waals surface area (Å²) in [6, 6.07) is 0. The third-order valence-corrected chi connectivity index (χ3v) is 2.01. The van der Waals surface area contributed by atoms with E-state index in [-0.39, 0.29) is 0 Å². The number of allylic oxidation sites excluding steroid dienone is 1. The molecule has 0 aliphatic rings. The molecule has 0 N–H and O–H groups in total. The van der Waals surface area contributed by atoms with Gasteiger partial charge in [0.15, 0.2) is 0 Å². The van der Waals surface area contributed by atoms with Gasteiger partial charge in [-0.3, -0.25) is 0 Å². The Hall–Kier alpha value is -0.850. The zero-order valence-electron chi connectivity index (χ0n) is 7.58. The highest BCUT2D eigenvalue weighted by Gasteiger charge is 2.03. The van der Waals surface area contributed by atoms with Crippen molar-refractivity contribution in [3.63, 3.8) is 0 Å². The largest absolute Gasteiger partial charge is 0.121 e. The zero-order valence-corrected chi connectivity index (χ0v) is 8.33. The topological polar surface area (TPSA) is 0 Å². The lowest BCUT2D eigenvalue weighted by atomic mass is 10.0. The number of hydrogen-bond donors (Lipinski definition) is 0. The molecule has 12 heavy (non-hydrogen) atoms. The molecule has 0 aromatic heterocycles. The zero-order chi connectivity index (χ0) is 9.40. The maximum absolute atomic E-state index is 5.72. The van der Waals surface area contributed by atoms with Crippen LogP contribution in [-0.4, -0.2) is 5.88 Å². The van der Waals surface area contributed by atoms with Crippen molar-refractivity contribution in [3.05, 3.63) is 35.1 Å². The molecule has 0 saturated carbocycles. The van der Waals surface area contributed by atoms with E-state index in [2.05, 4.69) is 43.4 Å². The first-order chi connectivity index (χ1) is 5.76. The molecule has 0 radical (unpaired) electrons. The van der Waals surface area contributed by atoms with Gasteiger partial charge < -0.3 is 0 Å². The van der Waals surface area contributed by atoms with Crippen LogP contribution in [0.3, 0.4) is 0 Å². The average molecular weight is 181 g/mol. The van der Waals surface area contributed by atoms with Crippen LogP contribution in [0.1, 0.15) is 20.3 Å². The minimum Gasteiger partial charge on any atom is -0.121 e. The summed E-state index contributed by atoms with van der Waals surface area (Å²) >= 11 is 5.72. The minimum absolute atomic E-state index is 0.460. The van der Waals surface area contributed by atoms with E-state index >= 15 is 0 Å². The monoisotopic (exact) mass is 180 g/mol. The van der Waals surface area contributed by atoms with Crippen molar-refractivity contribution in [2.45, 2.75) is 20.3 Å². The van der Waals surface area contributed by atoms with E-state index in [0.29, 0.717) is 11.8 Å². The predicted octanol–water partition coefficient (Wildman–Crippen LogP) is 3.45. The van der Waals surface area contributed by atoms with Crippen LogP contribution in [0.4, 0.5) is 0 Å². The van der Waals surface area contributed by atoms with Crippen molar-refractivity contribution in [2.24, 2.45) is 5.92 Å². The molecule has 64 valence electrons. The third kappa shape index (κ3) is 4.12. The lowest BCUT2D eigenvalue weighted by Crippen LogP contribution is -1.97. The van der Waals surface area contributed by atoms with Gasteiger partial charge in [-0.25, -0.2) is 0 Å². The molecule has 0 aromatic rings. The van der Waals surface area contributed by atoms with Crippen molar-refractivity contribution >= 4 is 11.6 Å². The highest BCUT2D eigenvalue weighted by Crippen LogP contribution is 2.13. The Balaban J connectivity index is 4.90. The van der Waals surface area contributed by atoms with Crippen LogP contribution < -0.4 is 0 Å². The molecule has 0 spiro atoms. The van der Waals surface area contributed by atoms with Crippen molar-refractivity contribution in [1.29, 1.82) is 0 Å². The first-order valence-electron chi connectivity index (χ1n) is 3.96. The van der Waals surface area contributed by atoms with Crippen molar-refractivity contribution < 1.29 is 0 Å². The number of rotatable bonds is 3. The van der Waals surface area contributed by atoms with Gasteiger partial charge in [0.05, 0.1) is 5.88 Å². The van der Waals surface area contributed by atoms with Crippen LogP contribution in [0.25, 0.3) is 0 Å². The fourth-order valence-electron chi connectivity index (χ4n) is 0.690. The molecule has 0 rings (SSSR count). The third-order valence-electron chi connectivity index (χ3n) is 1.73. The molecule has 1 unspecified atom stereocenters. The number of alkyl halides is 1. The molecule has 0 aliphatic carbocycles. The van der Waals surface area contributed by atoms with Gasteiger partial charge in [0.25, 0.3) is 0 Å². The van der Waals surface area contributed by atoms with Gasteiger partial charge in [-0.2, -0.15) is 0 Å². The van der Waals surface area contributed by atoms with Gasteiger partial charge in [0, 0.05) is 0 Å². The lowest BCUT2D eigenvalue weighted by molar-refractivity contribution is 0.658. The molecule has 0 aromatic carbocycles. The molecular formula is C11H13Cl. The average Bonchev–Trinajstić information content (AvgIpc) is 2.11. The summed E-state index contributed by atoms with van der Waals surface area (Å²) < 4.78 is 0. The van der Waals surface area contributed by atoms with E-state index in [9.17, 15) is 0 Å². The highest BCUT2D eigenvalue weighted by atomic mass is 35.5. The summed E-state index contributed by atoms with van der Waals surface area (Å²) in [5.41, 5.74) is 11.8. The van der Waals surface area contributed by atoms with Gasteiger partial charge in [-0.1, -0.05) is 25.3 Å². The molecule has 0 aliphatic heterocycles. The summed E-state index contributed by atoms with van der Waals surface area (Å²) in [6.07, 6.45) is 1.06. The Morgan fingerprint density at radius 2 is 2.17 bits per heavy atom. The Morgan fingerprint density at radius 1 is 1.50 bits per heavy atom. The second kappa shape index (κ2) is 6.84. The van der Waals surface area contributed by atoms with Crippen LogP contribution in [0.15, 0.2) is 35.1 Å². The van der Waals surface area contributed by atoms with Crippen LogP contribution in [0.5, 0.6) is 0 Å². The molecule has 1 atom stereocenters. The molecule has 0 heterocycles. The van der Waals surface area contributed by atoms with E-state index in [1.165, 1.54) is 0 Å². The normalized spacial score (nSPS) is 10.2. The van der Waals surface area contributed by atoms with Crippen molar-refractivity contribution in [2.75, 3.05) is 5.88 Å². The maximum Gasteiger partial charge on any atom is 0.0518 e. The predicted molar refractivity (Wildman–Crippen MR) is 53.4 cm³/mol. The molecule has 0 amide bonds. The van der Waals surface area contributed by atoms with E-state index in [1.54, 1.807) is 0 Å². The SMILES string of the molecule is C=C=C=C=C=C(CCl)C(C)CC. The molecule has 0 fully saturated rings. The first kappa shape index (κ1) is 11.2. The van der Waals surface area contributed by atoms with Gasteiger partial charge in [0.2, 0.25) is 0 Å². The van der Waals surface area contributed by atoms with Gasteiger partial charge in [-0.15, -0.1) is 11.6 Å². The summed E-state index contributed by atoms with van der Waals surface area (Å²) in [4.78, 5) is 0. The Kier molecular flexibility index (Phi) is 6.35. The van der Waals surface area contributed by atoms with E-state index in [0.717, 1.165) is 12.0 Å². The smallest absolute Gasteiger partial charge is 0.0518 e. The highest BCUT2D eigenvalue weighted by molar-refractivity contribution is 6.19. The standard InChI is InChI=1S/C11H13Cl/c1-4-6-7-8-11(9-12)10(3)5-2/h10H,1,5,9H2,2-3H3. The molecule has 1 heteroatoms. The molecule has 0 saturated heterocycles. The molecule has 0 bridgehead atoms. The summed E-state index contributed by atoms with van der Waals surface area (Å²) in [5, 5.41) is 0. The Bertz CT molecular complexity index is 276. The number of halogens is 1. The summed E-state index contributed by atoms with van der Waals surface area (Å²) in [6.45, 7) is 7.60. The lowest BCUT2D eigenvalue weighted by Gasteiger charge is -2.06. The Morgan fingerprint density at radius 3 is 2.58 bits per heavy atom. The van der Waals surface area contributed by atoms with E-state index < -0.39 is 0 Å². The van der Waals surface area contributed by atoms with Crippen LogP contribution in [0, 0.1) is 5.92 Å². The Labute approximate surface area is 79.2 Å². The molecule has 0 nitrogen and oxygen atoms in total. The first-order valence-corrected chi connectivity index (χ1v) is 4.49. The van der Waals surface area contributed by atoms with E-state index in [4.69, 9.17) is 11.6 Å². The van der Waals surface area contributed by atoms with Gasteiger partial charge in [-0.05, 0) is 36.0 Å². The molecular weight excluding hydrogens is 168 g/mol. The number of hydrogen-bond acceptors (Lipinski definition) is 0. The quantitative estimate of drug-likeness (QED) is 0.461. The van der Waals surface area contributed by atoms with Crippen LogP contribution in [0.2, 0.25) is 0 Å².